The van der Waals surface area contributed by atoms with Crippen LogP contribution in [0.25, 0.3) is 0 Å². The van der Waals surface area contributed by atoms with E-state index >= 15 is 0 Å². The van der Waals surface area contributed by atoms with E-state index in [9.17, 15) is 19.2 Å². The fourth-order valence-electron chi connectivity index (χ4n) is 9.86. The summed E-state index contributed by atoms with van der Waals surface area (Å²) in [5.41, 5.74) is -0.443. The molecule has 6 aliphatic heterocycles. The van der Waals surface area contributed by atoms with E-state index in [1.54, 1.807) is 87.7 Å². The maximum absolute atomic E-state index is 14.5. The first-order chi connectivity index (χ1) is 34.5. The van der Waals surface area contributed by atoms with Crippen molar-refractivity contribution in [3.05, 3.63) is 47.5 Å². The summed E-state index contributed by atoms with van der Waals surface area (Å²) in [6, 6.07) is 8.64. The average Bonchev–Trinajstić information content (AvgIpc) is 3.93. The second-order valence-electron chi connectivity index (χ2n) is 20.6. The minimum atomic E-state index is -1.01. The third-order valence-corrected chi connectivity index (χ3v) is 14.6. The monoisotopic (exact) mass is 1230 g/mol. The molecule has 4 saturated heterocycles. The van der Waals surface area contributed by atoms with Crippen molar-refractivity contribution >= 4 is 80.6 Å². The van der Waals surface area contributed by atoms with Crippen LogP contribution in [0.4, 0.5) is 21.0 Å². The van der Waals surface area contributed by atoms with E-state index in [0.29, 0.717) is 81.3 Å². The van der Waals surface area contributed by atoms with Crippen molar-refractivity contribution in [1.82, 2.24) is 9.80 Å². The van der Waals surface area contributed by atoms with Crippen LogP contribution in [0.5, 0.6) is 11.5 Å². The molecular formula is C52H74I2N4O14. The highest BCUT2D eigenvalue weighted by atomic mass is 127. The first kappa shape index (κ1) is 56.5. The second-order valence-corrected chi connectivity index (χ2v) is 22.7. The topological polar surface area (TPSA) is 174 Å². The first-order valence-electron chi connectivity index (χ1n) is 25.4. The number of ether oxygens (including phenoxy) is 10. The molecule has 0 aliphatic carbocycles. The molecule has 2 aromatic carbocycles. The molecule has 0 bridgehead atoms. The molecule has 4 unspecified atom stereocenters. The molecule has 20 heteroatoms. The van der Waals surface area contributed by atoms with Gasteiger partial charge in [-0.05, 0) is 142 Å². The molecule has 0 aromatic heterocycles. The third kappa shape index (κ3) is 13.8. The molecule has 72 heavy (non-hydrogen) atoms. The Morgan fingerprint density at radius 3 is 1.36 bits per heavy atom. The predicted molar refractivity (Wildman–Crippen MR) is 286 cm³/mol. The summed E-state index contributed by atoms with van der Waals surface area (Å²) in [6.07, 6.45) is 1.94. The van der Waals surface area contributed by atoms with E-state index in [1.807, 2.05) is 0 Å². The summed E-state index contributed by atoms with van der Waals surface area (Å²) in [5, 5.41) is 0. The lowest BCUT2D eigenvalue weighted by Gasteiger charge is -2.40. The van der Waals surface area contributed by atoms with Crippen LogP contribution in [0, 0.1) is 0 Å². The van der Waals surface area contributed by atoms with Crippen LogP contribution in [0.2, 0.25) is 0 Å². The number of rotatable bonds is 14. The highest BCUT2D eigenvalue weighted by Gasteiger charge is 2.54. The fourth-order valence-corrected chi connectivity index (χ4v) is 12.1. The van der Waals surface area contributed by atoms with Crippen molar-refractivity contribution in [3.63, 3.8) is 0 Å². The van der Waals surface area contributed by atoms with Gasteiger partial charge in [-0.1, -0.05) is 45.2 Å². The van der Waals surface area contributed by atoms with Gasteiger partial charge in [0.2, 0.25) is 0 Å². The molecule has 0 saturated carbocycles. The van der Waals surface area contributed by atoms with Crippen LogP contribution >= 0.6 is 45.2 Å². The van der Waals surface area contributed by atoms with Gasteiger partial charge in [0.15, 0.2) is 25.0 Å². The van der Waals surface area contributed by atoms with Gasteiger partial charge in [-0.25, -0.2) is 19.4 Å². The number of carbonyl (C=O) groups is 4. The predicted octanol–water partition coefficient (Wildman–Crippen LogP) is 9.49. The van der Waals surface area contributed by atoms with Gasteiger partial charge >= 0.3 is 12.2 Å². The Hall–Kier alpha value is -3.26. The van der Waals surface area contributed by atoms with Crippen LogP contribution in [0.15, 0.2) is 36.4 Å². The van der Waals surface area contributed by atoms with Crippen LogP contribution < -0.4 is 19.3 Å². The van der Waals surface area contributed by atoms with Gasteiger partial charge in [0.1, 0.15) is 34.8 Å². The molecule has 4 amide bonds. The molecule has 18 nitrogen and oxygen atoms in total. The van der Waals surface area contributed by atoms with Crippen molar-refractivity contribution in [2.75, 3.05) is 72.4 Å². The zero-order valence-corrected chi connectivity index (χ0v) is 47.4. The van der Waals surface area contributed by atoms with E-state index in [2.05, 4.69) is 45.2 Å². The summed E-state index contributed by atoms with van der Waals surface area (Å²) in [7, 11) is 3.06. The maximum Gasteiger partial charge on any atom is 0.417 e. The lowest BCUT2D eigenvalue weighted by Crippen LogP contribution is -2.58. The van der Waals surface area contributed by atoms with Crippen molar-refractivity contribution in [2.45, 2.75) is 166 Å². The van der Waals surface area contributed by atoms with Gasteiger partial charge in [0, 0.05) is 48.4 Å². The lowest BCUT2D eigenvalue weighted by atomic mass is 10.1. The molecule has 4 fully saturated rings. The number of anilines is 2. The average molecular weight is 1230 g/mol. The number of methoxy groups -OCH3 is 2. The molecule has 8 rings (SSSR count). The standard InChI is InChI=1S/C49H68N4O14.C3H6I2/c1-48(2,3)66-46(56)52-34-18-16-30(58-7)28-32(34)42(54)50-22-20-36(40(50)44(52)64-38-14-9-11-24-62-38)60-26-13-27-61-37-21-23-51-41(37)45(65-39-15-10-12-25-63-39)53(47(57)67-49(4,5)6)35-19-17-31(59-8)29-33(35)43(51)55;4-2-1-3-5/h16-19,28-29,36-41,44-45H,9-15,20-27H2,1-8H3;1-3H2/t36?,37?,38?,39?,40-,41-,44-,45-;/m0./s1. The number of carbonyl (C=O) groups excluding carboxylic acids is 4. The SMILES string of the molecule is COc1ccc2c(c1)C(=O)N1CCC(OCCCOC3CCN4C(=O)c5cc(OC)ccc5N(C(=O)OC(C)(C)C)[C@@H](OC5CCCCO5)[C@H]34)[C@H]1[C@H](OC1CCCCO1)N2C(=O)OC(C)(C)C.ICCCI. The lowest BCUT2D eigenvalue weighted by molar-refractivity contribution is -0.202. The van der Waals surface area contributed by atoms with E-state index in [4.69, 9.17) is 47.4 Å². The third-order valence-electron chi connectivity index (χ3n) is 13.1. The minimum absolute atomic E-state index is 0.244. The second kappa shape index (κ2) is 25.5. The Morgan fingerprint density at radius 2 is 1.03 bits per heavy atom. The molecule has 0 spiro atoms. The number of halogens is 2. The Kier molecular flexibility index (Phi) is 20.0. The molecule has 6 heterocycles. The van der Waals surface area contributed by atoms with Gasteiger partial charge < -0.3 is 57.2 Å². The number of amides is 4. The molecule has 6 aliphatic rings. The van der Waals surface area contributed by atoms with Gasteiger partial charge in [-0.3, -0.25) is 9.59 Å². The maximum atomic E-state index is 14.5. The zero-order chi connectivity index (χ0) is 51.7. The summed E-state index contributed by atoms with van der Waals surface area (Å²) >= 11 is 4.77. The number of fused-ring (bicyclic) bond motifs is 4. The Labute approximate surface area is 451 Å². The van der Waals surface area contributed by atoms with Gasteiger partial charge in [0.05, 0.1) is 48.9 Å². The Bertz CT molecular complexity index is 2010. The molecule has 0 radical (unpaired) electrons. The first-order valence-corrected chi connectivity index (χ1v) is 28.4. The zero-order valence-electron chi connectivity index (χ0n) is 43.1. The van der Waals surface area contributed by atoms with E-state index in [1.165, 1.54) is 39.3 Å². The molecule has 0 N–H and O–H groups in total. The smallest absolute Gasteiger partial charge is 0.417 e. The molecule has 2 aromatic rings. The highest BCUT2D eigenvalue weighted by molar-refractivity contribution is 14.1. The number of hydrogen-bond acceptors (Lipinski definition) is 14. The van der Waals surface area contributed by atoms with Crippen molar-refractivity contribution in [2.24, 2.45) is 0 Å². The summed E-state index contributed by atoms with van der Waals surface area (Å²) in [5.74, 6) is 0.377. The summed E-state index contributed by atoms with van der Waals surface area (Å²) in [4.78, 5) is 64.1. The molecular weight excluding hydrogens is 1160 g/mol. The van der Waals surface area contributed by atoms with Crippen molar-refractivity contribution in [1.29, 1.82) is 0 Å². The highest BCUT2D eigenvalue weighted by Crippen LogP contribution is 2.42. The summed E-state index contributed by atoms with van der Waals surface area (Å²) < 4.78 is 64.6. The van der Waals surface area contributed by atoms with Gasteiger partial charge in [-0.2, -0.15) is 0 Å². The van der Waals surface area contributed by atoms with E-state index < -0.39 is 72.7 Å². The van der Waals surface area contributed by atoms with Crippen molar-refractivity contribution < 1.29 is 66.5 Å². The normalized spacial score (nSPS) is 26.3. The van der Waals surface area contributed by atoms with Crippen LogP contribution in [-0.2, 0) is 37.9 Å². The summed E-state index contributed by atoms with van der Waals surface area (Å²) in [6.45, 7) is 13.0. The Balaban J connectivity index is 0.00000145. The number of alkyl halides is 2. The molecule has 8 atom stereocenters. The van der Waals surface area contributed by atoms with E-state index in [0.717, 1.165) is 25.7 Å². The van der Waals surface area contributed by atoms with E-state index in [-0.39, 0.29) is 36.2 Å². The van der Waals surface area contributed by atoms with Crippen LogP contribution in [0.3, 0.4) is 0 Å². The van der Waals surface area contributed by atoms with Gasteiger partial charge in [-0.15, -0.1) is 0 Å². The largest absolute Gasteiger partial charge is 0.497 e. The number of nitrogens with zero attached hydrogens (tertiary/aromatic N) is 4. The van der Waals surface area contributed by atoms with Crippen LogP contribution in [0.1, 0.15) is 126 Å². The van der Waals surface area contributed by atoms with Crippen molar-refractivity contribution in [3.8, 4) is 11.5 Å². The number of hydrogen-bond donors (Lipinski definition) is 0. The Morgan fingerprint density at radius 1 is 0.611 bits per heavy atom. The minimum Gasteiger partial charge on any atom is -0.497 e. The fraction of sp³-hybridized carbons (Fsp3) is 0.692. The molecule has 400 valence electrons. The quantitative estimate of drug-likeness (QED) is 0.0994. The van der Waals surface area contributed by atoms with Crippen LogP contribution in [-0.4, -0.2) is 157 Å². The number of benzene rings is 2. The van der Waals surface area contributed by atoms with Gasteiger partial charge in [0.25, 0.3) is 11.8 Å².